The van der Waals surface area contributed by atoms with Gasteiger partial charge < -0.3 is 20.5 Å². The molecule has 1 saturated carbocycles. The van der Waals surface area contributed by atoms with E-state index in [2.05, 4.69) is 15.5 Å². The zero-order valence-electron chi connectivity index (χ0n) is 14.6. The molecule has 2 aromatic rings. The molecule has 1 aliphatic carbocycles. The van der Waals surface area contributed by atoms with E-state index < -0.39 is 0 Å². The normalized spacial score (nSPS) is 19.6. The molecule has 0 radical (unpaired) electrons. The Bertz CT molecular complexity index is 858. The quantitative estimate of drug-likeness (QED) is 0.858. The zero-order chi connectivity index (χ0) is 18.3. The number of hydrogen-bond acceptors (Lipinski definition) is 6. The molecule has 136 valence electrons. The van der Waals surface area contributed by atoms with Gasteiger partial charge in [-0.2, -0.15) is 0 Å². The minimum atomic E-state index is -0.250. The van der Waals surface area contributed by atoms with Crippen molar-refractivity contribution in [3.8, 4) is 0 Å². The van der Waals surface area contributed by atoms with Crippen LogP contribution in [0.1, 0.15) is 57.5 Å². The second kappa shape index (κ2) is 6.44. The summed E-state index contributed by atoms with van der Waals surface area (Å²) in [4.78, 5) is 30.8. The number of carbonyl (C=O) groups excluding carboxylic acids is 2. The fourth-order valence-electron chi connectivity index (χ4n) is 3.34. The highest BCUT2D eigenvalue weighted by molar-refractivity contribution is 5.95. The second-order valence-electron chi connectivity index (χ2n) is 6.95. The lowest BCUT2D eigenvalue weighted by atomic mass is 10.1. The standard InChI is InChI=1S/C18H21N5O3/c1-10-15(22-26-16(10)11-5-6-11)17(24)20-12-7-8-23(9-12)18(25)13-3-2-4-14(19)21-13/h2-4,11-12H,5-9H2,1H3,(H2,19,21)(H,20,24)/t12-/m0/s1. The van der Waals surface area contributed by atoms with Crippen LogP contribution >= 0.6 is 0 Å². The predicted octanol–water partition coefficient (Wildman–Crippen LogP) is 1.48. The number of nitrogens with zero attached hydrogens (tertiary/aromatic N) is 3. The first-order chi connectivity index (χ1) is 12.5. The van der Waals surface area contributed by atoms with Gasteiger partial charge in [-0.3, -0.25) is 9.59 Å². The lowest BCUT2D eigenvalue weighted by Crippen LogP contribution is -2.39. The number of aromatic nitrogens is 2. The molecule has 2 aliphatic rings. The molecule has 0 unspecified atom stereocenters. The Balaban J connectivity index is 1.38. The summed E-state index contributed by atoms with van der Waals surface area (Å²) in [6.07, 6.45) is 2.87. The Kier molecular flexibility index (Phi) is 4.10. The SMILES string of the molecule is Cc1c(C(=O)N[C@H]2CCN(C(=O)c3cccc(N)n3)C2)noc1C1CC1. The number of anilines is 1. The van der Waals surface area contributed by atoms with Crippen LogP contribution in [0.25, 0.3) is 0 Å². The molecule has 8 heteroatoms. The van der Waals surface area contributed by atoms with Crippen LogP contribution in [0, 0.1) is 6.92 Å². The van der Waals surface area contributed by atoms with Gasteiger partial charge in [0.1, 0.15) is 17.3 Å². The van der Waals surface area contributed by atoms with Gasteiger partial charge in [0.05, 0.1) is 0 Å². The number of rotatable bonds is 4. The Morgan fingerprint density at radius 2 is 2.12 bits per heavy atom. The number of hydrogen-bond donors (Lipinski definition) is 2. The lowest BCUT2D eigenvalue weighted by Gasteiger charge is -2.16. The zero-order valence-corrected chi connectivity index (χ0v) is 14.6. The molecule has 3 N–H and O–H groups in total. The van der Waals surface area contributed by atoms with E-state index in [1.54, 1.807) is 23.1 Å². The fourth-order valence-corrected chi connectivity index (χ4v) is 3.34. The van der Waals surface area contributed by atoms with Crippen molar-refractivity contribution in [1.29, 1.82) is 0 Å². The Labute approximate surface area is 150 Å². The molecule has 2 fully saturated rings. The Morgan fingerprint density at radius 1 is 1.31 bits per heavy atom. The number of amides is 2. The van der Waals surface area contributed by atoms with E-state index in [9.17, 15) is 9.59 Å². The van der Waals surface area contributed by atoms with Crippen molar-refractivity contribution in [2.75, 3.05) is 18.8 Å². The van der Waals surface area contributed by atoms with Gasteiger partial charge in [-0.15, -0.1) is 0 Å². The first kappa shape index (κ1) is 16.6. The van der Waals surface area contributed by atoms with Gasteiger partial charge in [0, 0.05) is 30.6 Å². The summed E-state index contributed by atoms with van der Waals surface area (Å²) < 4.78 is 5.34. The van der Waals surface area contributed by atoms with E-state index >= 15 is 0 Å². The number of carbonyl (C=O) groups is 2. The molecule has 0 aromatic carbocycles. The molecule has 1 saturated heterocycles. The van der Waals surface area contributed by atoms with Gasteiger partial charge >= 0.3 is 0 Å². The molecule has 0 bridgehead atoms. The maximum atomic E-state index is 12.5. The van der Waals surface area contributed by atoms with Crippen LogP contribution in [0.15, 0.2) is 22.7 Å². The number of pyridine rings is 1. The summed E-state index contributed by atoms with van der Waals surface area (Å²) in [6, 6.07) is 4.87. The first-order valence-corrected chi connectivity index (χ1v) is 8.81. The van der Waals surface area contributed by atoms with Crippen LogP contribution in [0.4, 0.5) is 5.82 Å². The number of nitrogens with one attached hydrogen (secondary N) is 1. The summed E-state index contributed by atoms with van der Waals surface area (Å²) in [5.41, 5.74) is 7.12. The van der Waals surface area contributed by atoms with Crippen molar-refractivity contribution in [3.05, 3.63) is 40.9 Å². The molecule has 1 aliphatic heterocycles. The van der Waals surface area contributed by atoms with Gasteiger partial charge in [0.15, 0.2) is 5.69 Å². The summed E-state index contributed by atoms with van der Waals surface area (Å²) >= 11 is 0. The van der Waals surface area contributed by atoms with E-state index in [4.69, 9.17) is 10.3 Å². The molecule has 2 amide bonds. The summed E-state index contributed by atoms with van der Waals surface area (Å²) in [7, 11) is 0. The number of likely N-dealkylation sites (tertiary alicyclic amines) is 1. The molecule has 26 heavy (non-hydrogen) atoms. The smallest absolute Gasteiger partial charge is 0.274 e. The third-order valence-electron chi connectivity index (χ3n) is 4.92. The predicted molar refractivity (Wildman–Crippen MR) is 93.6 cm³/mol. The van der Waals surface area contributed by atoms with E-state index in [-0.39, 0.29) is 17.9 Å². The Morgan fingerprint density at radius 3 is 2.85 bits per heavy atom. The molecule has 8 nitrogen and oxygen atoms in total. The monoisotopic (exact) mass is 355 g/mol. The van der Waals surface area contributed by atoms with E-state index in [0.29, 0.717) is 42.6 Å². The van der Waals surface area contributed by atoms with E-state index in [1.807, 2.05) is 6.92 Å². The van der Waals surface area contributed by atoms with Crippen LogP contribution in [-0.4, -0.2) is 46.0 Å². The van der Waals surface area contributed by atoms with Crippen LogP contribution in [0.5, 0.6) is 0 Å². The minimum Gasteiger partial charge on any atom is -0.384 e. The van der Waals surface area contributed by atoms with E-state index in [1.165, 1.54) is 0 Å². The summed E-state index contributed by atoms with van der Waals surface area (Å²) in [5.74, 6) is 1.12. The van der Waals surface area contributed by atoms with Gasteiger partial charge in [0.2, 0.25) is 0 Å². The van der Waals surface area contributed by atoms with E-state index in [0.717, 1.165) is 24.2 Å². The van der Waals surface area contributed by atoms with Gasteiger partial charge in [-0.25, -0.2) is 4.98 Å². The molecule has 1 atom stereocenters. The van der Waals surface area contributed by atoms with Crippen molar-refractivity contribution in [1.82, 2.24) is 20.4 Å². The van der Waals surface area contributed by atoms with Crippen molar-refractivity contribution in [3.63, 3.8) is 0 Å². The van der Waals surface area contributed by atoms with Crippen molar-refractivity contribution in [2.24, 2.45) is 0 Å². The Hall–Kier alpha value is -2.90. The lowest BCUT2D eigenvalue weighted by molar-refractivity contribution is 0.0777. The molecule has 0 spiro atoms. The number of nitrogens with two attached hydrogens (primary N) is 1. The third kappa shape index (κ3) is 3.14. The van der Waals surface area contributed by atoms with Gasteiger partial charge in [-0.1, -0.05) is 11.2 Å². The first-order valence-electron chi connectivity index (χ1n) is 8.81. The van der Waals surface area contributed by atoms with Crippen molar-refractivity contribution in [2.45, 2.75) is 38.1 Å². The molecular weight excluding hydrogens is 334 g/mol. The second-order valence-corrected chi connectivity index (χ2v) is 6.95. The molecular formula is C18H21N5O3. The largest absolute Gasteiger partial charge is 0.384 e. The topological polar surface area (TPSA) is 114 Å². The van der Waals surface area contributed by atoms with Crippen molar-refractivity contribution < 1.29 is 14.1 Å². The van der Waals surface area contributed by atoms with Crippen LogP contribution in [0.3, 0.4) is 0 Å². The molecule has 2 aromatic heterocycles. The average Bonchev–Trinajstić information content (AvgIpc) is 3.23. The average molecular weight is 355 g/mol. The summed E-state index contributed by atoms with van der Waals surface area (Å²) in [6.45, 7) is 2.87. The molecule has 3 heterocycles. The van der Waals surface area contributed by atoms with Crippen LogP contribution < -0.4 is 11.1 Å². The minimum absolute atomic E-state index is 0.118. The van der Waals surface area contributed by atoms with Gasteiger partial charge in [-0.05, 0) is 38.3 Å². The fraction of sp³-hybridized carbons (Fsp3) is 0.444. The highest BCUT2D eigenvalue weighted by Gasteiger charge is 2.33. The highest BCUT2D eigenvalue weighted by Crippen LogP contribution is 2.42. The van der Waals surface area contributed by atoms with Gasteiger partial charge in [0.25, 0.3) is 11.8 Å². The maximum Gasteiger partial charge on any atom is 0.274 e. The maximum absolute atomic E-state index is 12.5. The highest BCUT2D eigenvalue weighted by atomic mass is 16.5. The number of nitrogen functional groups attached to an aromatic ring is 1. The molecule has 4 rings (SSSR count). The third-order valence-corrected chi connectivity index (χ3v) is 4.92. The van der Waals surface area contributed by atoms with Crippen molar-refractivity contribution >= 4 is 17.6 Å². The van der Waals surface area contributed by atoms with Crippen LogP contribution in [-0.2, 0) is 0 Å². The van der Waals surface area contributed by atoms with Crippen LogP contribution in [0.2, 0.25) is 0 Å². The summed E-state index contributed by atoms with van der Waals surface area (Å²) in [5, 5.41) is 6.89.